The van der Waals surface area contributed by atoms with Crippen molar-refractivity contribution in [2.45, 2.75) is 20.0 Å². The summed E-state index contributed by atoms with van der Waals surface area (Å²) >= 11 is 6.44. The summed E-state index contributed by atoms with van der Waals surface area (Å²) < 4.78 is 11.8. The Balaban J connectivity index is 1.89. The van der Waals surface area contributed by atoms with Gasteiger partial charge < -0.3 is 15.2 Å². The molecule has 0 bridgehead atoms. The molecule has 0 radical (unpaired) electrons. The van der Waals surface area contributed by atoms with Gasteiger partial charge in [0.2, 0.25) is 0 Å². The van der Waals surface area contributed by atoms with E-state index < -0.39 is 0 Å². The highest BCUT2D eigenvalue weighted by molar-refractivity contribution is 6.32. The summed E-state index contributed by atoms with van der Waals surface area (Å²) in [5, 5.41) is 2.92. The quantitative estimate of drug-likeness (QED) is 0.650. The smallest absolute Gasteiger partial charge is 0.180 e. The van der Waals surface area contributed by atoms with Crippen molar-refractivity contribution < 1.29 is 9.47 Å². The van der Waals surface area contributed by atoms with Crippen molar-refractivity contribution in [3.8, 4) is 11.5 Å². The van der Waals surface area contributed by atoms with Crippen LogP contribution in [0.4, 0.5) is 0 Å². The molecule has 0 aliphatic heterocycles. The predicted octanol–water partition coefficient (Wildman–Crippen LogP) is 4.97. The van der Waals surface area contributed by atoms with E-state index in [2.05, 4.69) is 24.3 Å². The van der Waals surface area contributed by atoms with E-state index in [4.69, 9.17) is 26.8 Å². The van der Waals surface area contributed by atoms with Gasteiger partial charge in [0.05, 0.1) is 11.6 Å². The van der Waals surface area contributed by atoms with Gasteiger partial charge in [-0.1, -0.05) is 54.1 Å². The van der Waals surface area contributed by atoms with Crippen LogP contribution >= 0.6 is 11.6 Å². The van der Waals surface area contributed by atoms with Gasteiger partial charge in [-0.05, 0) is 53.9 Å². The molecule has 0 unspecified atom stereocenters. The number of nitrogens with two attached hydrogens (primary N) is 1. The zero-order valence-corrected chi connectivity index (χ0v) is 15.1. The molecule has 0 amide bonds. The van der Waals surface area contributed by atoms with Crippen LogP contribution in [0.15, 0.2) is 54.6 Å². The molecule has 3 rings (SSSR count). The minimum Gasteiger partial charge on any atom is -0.490 e. The largest absolute Gasteiger partial charge is 0.490 e. The van der Waals surface area contributed by atoms with E-state index in [9.17, 15) is 0 Å². The highest BCUT2D eigenvalue weighted by Crippen LogP contribution is 2.37. The molecule has 0 spiro atoms. The molecule has 0 aliphatic rings. The normalized spacial score (nSPS) is 10.8. The van der Waals surface area contributed by atoms with E-state index in [1.165, 1.54) is 10.8 Å². The molecule has 4 heteroatoms. The summed E-state index contributed by atoms with van der Waals surface area (Å²) in [5.41, 5.74) is 7.81. The summed E-state index contributed by atoms with van der Waals surface area (Å²) in [7, 11) is 0. The van der Waals surface area contributed by atoms with Crippen molar-refractivity contribution in [1.29, 1.82) is 0 Å². The van der Waals surface area contributed by atoms with E-state index in [1.807, 2.05) is 37.3 Å². The first-order chi connectivity index (χ1) is 12.2. The van der Waals surface area contributed by atoms with Crippen LogP contribution in [0.5, 0.6) is 11.5 Å². The first-order valence-electron chi connectivity index (χ1n) is 8.47. The van der Waals surface area contributed by atoms with Crippen LogP contribution in [0.3, 0.4) is 0 Å². The van der Waals surface area contributed by atoms with E-state index in [0.717, 1.165) is 17.5 Å². The second kappa shape index (κ2) is 8.24. The van der Waals surface area contributed by atoms with E-state index in [-0.39, 0.29) is 0 Å². The van der Waals surface area contributed by atoms with E-state index in [1.54, 1.807) is 0 Å². The predicted molar refractivity (Wildman–Crippen MR) is 104 cm³/mol. The molecule has 25 heavy (non-hydrogen) atoms. The first-order valence-corrected chi connectivity index (χ1v) is 8.85. The summed E-state index contributed by atoms with van der Waals surface area (Å²) in [5.74, 6) is 1.25. The molecule has 0 saturated heterocycles. The third kappa shape index (κ3) is 4.06. The summed E-state index contributed by atoms with van der Waals surface area (Å²) in [6.07, 6.45) is 0.753. The van der Waals surface area contributed by atoms with Gasteiger partial charge in [-0.2, -0.15) is 0 Å². The maximum absolute atomic E-state index is 6.44. The van der Waals surface area contributed by atoms with Crippen LogP contribution in [0.1, 0.15) is 18.1 Å². The molecular weight excluding hydrogens is 334 g/mol. The van der Waals surface area contributed by atoms with Crippen LogP contribution in [-0.2, 0) is 13.0 Å². The molecule has 0 aromatic heterocycles. The van der Waals surface area contributed by atoms with Gasteiger partial charge in [-0.3, -0.25) is 0 Å². The third-order valence-corrected chi connectivity index (χ3v) is 4.33. The molecule has 0 atom stereocenters. The average Bonchev–Trinajstić information content (AvgIpc) is 2.61. The standard InChI is InChI=1S/C21H22ClNO2/c1-2-24-20-13-15(10-11-23)12-19(22)21(20)25-14-17-8-5-7-16-6-3-4-9-18(16)17/h3-9,12-13H,2,10-11,14,23H2,1H3. The molecule has 130 valence electrons. The van der Waals surface area contributed by atoms with E-state index in [0.29, 0.717) is 36.3 Å². The number of rotatable bonds is 7. The highest BCUT2D eigenvalue weighted by atomic mass is 35.5. The van der Waals surface area contributed by atoms with Crippen molar-refractivity contribution in [1.82, 2.24) is 0 Å². The van der Waals surface area contributed by atoms with Crippen molar-refractivity contribution >= 4 is 22.4 Å². The Morgan fingerprint density at radius 1 is 1.00 bits per heavy atom. The summed E-state index contributed by atoms with van der Waals surface area (Å²) in [6, 6.07) is 18.3. The molecular formula is C21H22ClNO2. The van der Waals surface area contributed by atoms with Crippen molar-refractivity contribution in [3.63, 3.8) is 0 Å². The Hall–Kier alpha value is -2.23. The minimum atomic E-state index is 0.428. The lowest BCUT2D eigenvalue weighted by molar-refractivity contribution is 0.270. The molecule has 3 nitrogen and oxygen atoms in total. The molecule has 0 heterocycles. The third-order valence-electron chi connectivity index (χ3n) is 4.05. The van der Waals surface area contributed by atoms with Crippen LogP contribution in [0.25, 0.3) is 10.8 Å². The minimum absolute atomic E-state index is 0.428. The van der Waals surface area contributed by atoms with Crippen molar-refractivity contribution in [3.05, 3.63) is 70.7 Å². The first kappa shape index (κ1) is 17.6. The van der Waals surface area contributed by atoms with Crippen LogP contribution in [0.2, 0.25) is 5.02 Å². The fourth-order valence-electron chi connectivity index (χ4n) is 2.90. The van der Waals surface area contributed by atoms with Crippen LogP contribution in [-0.4, -0.2) is 13.2 Å². The van der Waals surface area contributed by atoms with Gasteiger partial charge in [-0.25, -0.2) is 0 Å². The van der Waals surface area contributed by atoms with Gasteiger partial charge in [-0.15, -0.1) is 0 Å². The Morgan fingerprint density at radius 3 is 2.60 bits per heavy atom. The average molecular weight is 356 g/mol. The summed E-state index contributed by atoms with van der Waals surface area (Å²) in [4.78, 5) is 0. The Bertz CT molecular complexity index is 858. The molecule has 3 aromatic rings. The Labute approximate surface area is 153 Å². The fourth-order valence-corrected chi connectivity index (χ4v) is 3.19. The number of hydrogen-bond acceptors (Lipinski definition) is 3. The lowest BCUT2D eigenvalue weighted by Gasteiger charge is -2.16. The zero-order chi connectivity index (χ0) is 17.6. The van der Waals surface area contributed by atoms with E-state index >= 15 is 0 Å². The number of halogens is 1. The molecule has 0 saturated carbocycles. The highest BCUT2D eigenvalue weighted by Gasteiger charge is 2.13. The van der Waals surface area contributed by atoms with Gasteiger partial charge >= 0.3 is 0 Å². The van der Waals surface area contributed by atoms with Crippen molar-refractivity contribution in [2.24, 2.45) is 5.73 Å². The number of benzene rings is 3. The topological polar surface area (TPSA) is 44.5 Å². The van der Waals surface area contributed by atoms with Gasteiger partial charge in [0.25, 0.3) is 0 Å². The second-order valence-corrected chi connectivity index (χ2v) is 6.21. The molecule has 0 fully saturated rings. The number of hydrogen-bond donors (Lipinski definition) is 1. The zero-order valence-electron chi connectivity index (χ0n) is 14.3. The molecule has 0 aliphatic carbocycles. The Morgan fingerprint density at radius 2 is 1.80 bits per heavy atom. The number of fused-ring (bicyclic) bond motifs is 1. The maximum Gasteiger partial charge on any atom is 0.180 e. The number of ether oxygens (including phenoxy) is 2. The lowest BCUT2D eigenvalue weighted by atomic mass is 10.1. The van der Waals surface area contributed by atoms with Crippen LogP contribution in [0, 0.1) is 0 Å². The van der Waals surface area contributed by atoms with Gasteiger partial charge in [0.1, 0.15) is 6.61 Å². The fraction of sp³-hybridized carbons (Fsp3) is 0.238. The van der Waals surface area contributed by atoms with Crippen LogP contribution < -0.4 is 15.2 Å². The van der Waals surface area contributed by atoms with Gasteiger partial charge in [0, 0.05) is 0 Å². The SMILES string of the molecule is CCOc1cc(CCN)cc(Cl)c1OCc1cccc2ccccc12. The van der Waals surface area contributed by atoms with Crippen molar-refractivity contribution in [2.75, 3.05) is 13.2 Å². The molecule has 3 aromatic carbocycles. The monoisotopic (exact) mass is 355 g/mol. The van der Waals surface area contributed by atoms with Gasteiger partial charge in [0.15, 0.2) is 11.5 Å². The maximum atomic E-state index is 6.44. The second-order valence-electron chi connectivity index (χ2n) is 5.80. The lowest BCUT2D eigenvalue weighted by Crippen LogP contribution is -2.05. The summed E-state index contributed by atoms with van der Waals surface area (Å²) in [6.45, 7) is 3.49. The molecule has 2 N–H and O–H groups in total. The Kier molecular flexibility index (Phi) is 5.79.